The predicted octanol–water partition coefficient (Wildman–Crippen LogP) is 0.553. The maximum absolute atomic E-state index is 12.2. The normalized spacial score (nSPS) is 23.9. The molecular formula is C14H22N2O4. The number of ether oxygens (including phenoxy) is 1. The molecule has 2 heterocycles. The summed E-state index contributed by atoms with van der Waals surface area (Å²) in [5.41, 5.74) is 0. The van der Waals surface area contributed by atoms with Crippen LogP contribution >= 0.6 is 0 Å². The van der Waals surface area contributed by atoms with E-state index in [0.29, 0.717) is 26.1 Å². The van der Waals surface area contributed by atoms with Gasteiger partial charge in [0.1, 0.15) is 6.04 Å². The van der Waals surface area contributed by atoms with Crippen molar-refractivity contribution in [2.45, 2.75) is 45.1 Å². The quantitative estimate of drug-likeness (QED) is 0.705. The van der Waals surface area contributed by atoms with Gasteiger partial charge in [0, 0.05) is 13.0 Å². The molecule has 112 valence electrons. The molecule has 2 rings (SSSR count). The Morgan fingerprint density at radius 2 is 2.05 bits per heavy atom. The Morgan fingerprint density at radius 3 is 2.70 bits per heavy atom. The first-order chi connectivity index (χ1) is 9.63. The standard InChI is InChI=1S/C14H22N2O4/c1-2-20-14(19)11-6-3-4-8-15(11)10-13(18)16-9-5-7-12(16)17/h11H,2-10H2,1H3. The summed E-state index contributed by atoms with van der Waals surface area (Å²) in [4.78, 5) is 38.8. The summed E-state index contributed by atoms with van der Waals surface area (Å²) in [5, 5.41) is 0. The van der Waals surface area contributed by atoms with E-state index < -0.39 is 0 Å². The van der Waals surface area contributed by atoms with Gasteiger partial charge >= 0.3 is 5.97 Å². The van der Waals surface area contributed by atoms with Crippen LogP contribution in [0.5, 0.6) is 0 Å². The monoisotopic (exact) mass is 282 g/mol. The van der Waals surface area contributed by atoms with Gasteiger partial charge < -0.3 is 4.74 Å². The molecule has 0 aromatic carbocycles. The lowest BCUT2D eigenvalue weighted by Crippen LogP contribution is -2.50. The van der Waals surface area contributed by atoms with Crippen LogP contribution in [0.1, 0.15) is 39.0 Å². The highest BCUT2D eigenvalue weighted by Gasteiger charge is 2.34. The second-order valence-corrected chi connectivity index (χ2v) is 5.28. The summed E-state index contributed by atoms with van der Waals surface area (Å²) in [6, 6.07) is -0.342. The summed E-state index contributed by atoms with van der Waals surface area (Å²) in [6.07, 6.45) is 3.85. The molecule has 0 saturated carbocycles. The van der Waals surface area contributed by atoms with Crippen LogP contribution in [0, 0.1) is 0 Å². The number of imide groups is 1. The van der Waals surface area contributed by atoms with Gasteiger partial charge in [-0.15, -0.1) is 0 Å². The van der Waals surface area contributed by atoms with Gasteiger partial charge in [-0.25, -0.2) is 0 Å². The van der Waals surface area contributed by atoms with Crippen LogP contribution in [-0.4, -0.2) is 59.9 Å². The topological polar surface area (TPSA) is 66.9 Å². The number of piperidine rings is 1. The summed E-state index contributed by atoms with van der Waals surface area (Å²) in [6.45, 7) is 3.48. The first-order valence-corrected chi connectivity index (χ1v) is 7.37. The molecule has 0 bridgehead atoms. The van der Waals surface area contributed by atoms with Crippen LogP contribution in [0.2, 0.25) is 0 Å². The maximum Gasteiger partial charge on any atom is 0.323 e. The van der Waals surface area contributed by atoms with Crippen molar-refractivity contribution in [3.63, 3.8) is 0 Å². The Morgan fingerprint density at radius 1 is 1.25 bits per heavy atom. The maximum atomic E-state index is 12.2. The highest BCUT2D eigenvalue weighted by molar-refractivity contribution is 5.97. The predicted molar refractivity (Wildman–Crippen MR) is 71.8 cm³/mol. The number of hydrogen-bond donors (Lipinski definition) is 0. The molecule has 0 aromatic rings. The van der Waals surface area contributed by atoms with E-state index in [2.05, 4.69) is 0 Å². The first-order valence-electron chi connectivity index (χ1n) is 7.37. The smallest absolute Gasteiger partial charge is 0.323 e. The summed E-state index contributed by atoms with van der Waals surface area (Å²) in [5.74, 6) is -0.545. The molecule has 2 aliphatic rings. The van der Waals surface area contributed by atoms with Gasteiger partial charge in [-0.2, -0.15) is 0 Å². The van der Waals surface area contributed by atoms with Crippen molar-refractivity contribution < 1.29 is 19.1 Å². The Kier molecular flexibility index (Phi) is 5.11. The molecule has 0 N–H and O–H groups in total. The van der Waals surface area contributed by atoms with Crippen molar-refractivity contribution >= 4 is 17.8 Å². The molecule has 20 heavy (non-hydrogen) atoms. The number of rotatable bonds is 4. The zero-order valence-corrected chi connectivity index (χ0v) is 12.0. The molecule has 6 heteroatoms. The van der Waals surface area contributed by atoms with Crippen LogP contribution in [-0.2, 0) is 19.1 Å². The number of carbonyl (C=O) groups excluding carboxylic acids is 3. The average Bonchev–Trinajstić information content (AvgIpc) is 2.86. The van der Waals surface area contributed by atoms with Crippen LogP contribution in [0.15, 0.2) is 0 Å². The van der Waals surface area contributed by atoms with Crippen molar-refractivity contribution in [2.75, 3.05) is 26.2 Å². The van der Waals surface area contributed by atoms with E-state index in [0.717, 1.165) is 25.7 Å². The van der Waals surface area contributed by atoms with Gasteiger partial charge in [-0.3, -0.25) is 24.2 Å². The molecule has 1 atom stereocenters. The Bertz CT molecular complexity index is 397. The third-order valence-electron chi connectivity index (χ3n) is 3.89. The minimum Gasteiger partial charge on any atom is -0.465 e. The highest BCUT2D eigenvalue weighted by atomic mass is 16.5. The van der Waals surface area contributed by atoms with Gasteiger partial charge in [0.05, 0.1) is 13.2 Å². The SMILES string of the molecule is CCOC(=O)C1CCCCN1CC(=O)N1CCCC1=O. The summed E-state index contributed by atoms with van der Waals surface area (Å²) < 4.78 is 5.07. The first kappa shape index (κ1) is 15.0. The van der Waals surface area contributed by atoms with Crippen LogP contribution < -0.4 is 0 Å². The van der Waals surface area contributed by atoms with E-state index in [9.17, 15) is 14.4 Å². The minimum absolute atomic E-state index is 0.0975. The number of nitrogens with zero attached hydrogens (tertiary/aromatic N) is 2. The third kappa shape index (κ3) is 3.36. The van der Waals surface area contributed by atoms with Crippen LogP contribution in [0.3, 0.4) is 0 Å². The lowest BCUT2D eigenvalue weighted by molar-refractivity contribution is -0.152. The number of carbonyl (C=O) groups is 3. The number of likely N-dealkylation sites (tertiary alicyclic amines) is 2. The number of amides is 2. The number of esters is 1. The Hall–Kier alpha value is -1.43. The van der Waals surface area contributed by atoms with E-state index in [1.54, 1.807) is 6.92 Å². The zero-order valence-electron chi connectivity index (χ0n) is 12.0. The second kappa shape index (κ2) is 6.83. The molecule has 2 fully saturated rings. The van der Waals surface area contributed by atoms with Crippen LogP contribution in [0.4, 0.5) is 0 Å². The summed E-state index contributed by atoms with van der Waals surface area (Å²) in [7, 11) is 0. The lowest BCUT2D eigenvalue weighted by atomic mass is 10.0. The molecule has 6 nitrogen and oxygen atoms in total. The highest BCUT2D eigenvalue weighted by Crippen LogP contribution is 2.19. The largest absolute Gasteiger partial charge is 0.465 e. The molecule has 0 radical (unpaired) electrons. The van der Waals surface area contributed by atoms with Gasteiger partial charge in [-0.05, 0) is 32.7 Å². The molecule has 0 aliphatic carbocycles. The van der Waals surface area contributed by atoms with Gasteiger partial charge in [0.25, 0.3) is 0 Å². The van der Waals surface area contributed by atoms with E-state index in [-0.39, 0.29) is 30.4 Å². The molecule has 1 unspecified atom stereocenters. The van der Waals surface area contributed by atoms with Crippen molar-refractivity contribution in [3.05, 3.63) is 0 Å². The molecule has 2 saturated heterocycles. The summed E-state index contributed by atoms with van der Waals surface area (Å²) >= 11 is 0. The average molecular weight is 282 g/mol. The van der Waals surface area contributed by atoms with Crippen molar-refractivity contribution in [3.8, 4) is 0 Å². The molecule has 0 aromatic heterocycles. The van der Waals surface area contributed by atoms with E-state index in [1.165, 1.54) is 4.90 Å². The molecule has 0 spiro atoms. The van der Waals surface area contributed by atoms with Crippen molar-refractivity contribution in [1.29, 1.82) is 0 Å². The molecule has 2 aliphatic heterocycles. The zero-order chi connectivity index (χ0) is 14.5. The van der Waals surface area contributed by atoms with E-state index in [1.807, 2.05) is 4.90 Å². The Labute approximate surface area is 119 Å². The molecule has 2 amide bonds. The van der Waals surface area contributed by atoms with Crippen LogP contribution in [0.25, 0.3) is 0 Å². The lowest BCUT2D eigenvalue weighted by Gasteiger charge is -2.34. The van der Waals surface area contributed by atoms with Crippen molar-refractivity contribution in [2.24, 2.45) is 0 Å². The molecular weight excluding hydrogens is 260 g/mol. The van der Waals surface area contributed by atoms with Gasteiger partial charge in [0.15, 0.2) is 0 Å². The fourth-order valence-corrected chi connectivity index (χ4v) is 2.86. The van der Waals surface area contributed by atoms with Gasteiger partial charge in [-0.1, -0.05) is 6.42 Å². The fraction of sp³-hybridized carbons (Fsp3) is 0.786. The fourth-order valence-electron chi connectivity index (χ4n) is 2.86. The Balaban J connectivity index is 1.96. The van der Waals surface area contributed by atoms with Gasteiger partial charge in [0.2, 0.25) is 11.8 Å². The van der Waals surface area contributed by atoms with E-state index >= 15 is 0 Å². The number of hydrogen-bond acceptors (Lipinski definition) is 5. The van der Waals surface area contributed by atoms with E-state index in [4.69, 9.17) is 4.74 Å². The third-order valence-corrected chi connectivity index (χ3v) is 3.89. The van der Waals surface area contributed by atoms with Crippen molar-refractivity contribution in [1.82, 2.24) is 9.80 Å². The minimum atomic E-state index is -0.342. The second-order valence-electron chi connectivity index (χ2n) is 5.28.